The number of hydrogen-bond donors (Lipinski definition) is 1. The molecule has 1 rings (SSSR count). The number of nitrogens with one attached hydrogen (secondary N) is 1. The van der Waals surface area contributed by atoms with Gasteiger partial charge in [-0.1, -0.05) is 25.8 Å². The first-order chi connectivity index (χ1) is 9.36. The lowest BCUT2D eigenvalue weighted by Gasteiger charge is -2.20. The van der Waals surface area contributed by atoms with E-state index in [4.69, 9.17) is 4.74 Å². The number of ether oxygens (including phenoxy) is 1. The molecule has 1 aliphatic rings. The largest absolute Gasteiger partial charge is 0.378 e. The molecule has 0 aromatic carbocycles. The highest BCUT2D eigenvalue weighted by atomic mass is 16.5. The molecular formula is C17H33NO. The van der Waals surface area contributed by atoms with Crippen LogP contribution in [0.15, 0.2) is 12.7 Å². The Balaban J connectivity index is 2.11. The quantitative estimate of drug-likeness (QED) is 0.416. The maximum absolute atomic E-state index is 5.73. The van der Waals surface area contributed by atoms with Gasteiger partial charge in [0.15, 0.2) is 0 Å². The second kappa shape index (κ2) is 11.5. The molecule has 0 aromatic heterocycles. The number of hydrogen-bond acceptors (Lipinski definition) is 2. The van der Waals surface area contributed by atoms with Crippen molar-refractivity contribution in [2.75, 3.05) is 13.2 Å². The van der Waals surface area contributed by atoms with Crippen LogP contribution < -0.4 is 5.32 Å². The van der Waals surface area contributed by atoms with E-state index >= 15 is 0 Å². The molecule has 2 unspecified atom stereocenters. The fourth-order valence-electron chi connectivity index (χ4n) is 2.81. The molecule has 19 heavy (non-hydrogen) atoms. The highest BCUT2D eigenvalue weighted by molar-refractivity contribution is 4.73. The van der Waals surface area contributed by atoms with E-state index in [0.717, 1.165) is 13.2 Å². The van der Waals surface area contributed by atoms with Gasteiger partial charge in [0.25, 0.3) is 0 Å². The van der Waals surface area contributed by atoms with E-state index in [1.165, 1.54) is 64.2 Å². The van der Waals surface area contributed by atoms with Crippen LogP contribution in [-0.4, -0.2) is 25.3 Å². The van der Waals surface area contributed by atoms with Crippen LogP contribution in [-0.2, 0) is 4.74 Å². The summed E-state index contributed by atoms with van der Waals surface area (Å²) >= 11 is 0. The van der Waals surface area contributed by atoms with E-state index in [-0.39, 0.29) is 0 Å². The molecule has 0 aromatic rings. The predicted molar refractivity (Wildman–Crippen MR) is 83.6 cm³/mol. The predicted octanol–water partition coefficient (Wildman–Crippen LogP) is 4.45. The molecule has 2 nitrogen and oxygen atoms in total. The molecule has 1 saturated heterocycles. The highest BCUT2D eigenvalue weighted by Gasteiger charge is 2.17. The fourth-order valence-corrected chi connectivity index (χ4v) is 2.81. The Labute approximate surface area is 120 Å². The first-order valence-corrected chi connectivity index (χ1v) is 8.32. The van der Waals surface area contributed by atoms with Crippen molar-refractivity contribution in [1.82, 2.24) is 5.32 Å². The van der Waals surface area contributed by atoms with Gasteiger partial charge in [-0.15, -0.1) is 6.58 Å². The lowest BCUT2D eigenvalue weighted by atomic mass is 10.00. The highest BCUT2D eigenvalue weighted by Crippen LogP contribution is 2.19. The minimum absolute atomic E-state index is 0.548. The first-order valence-electron chi connectivity index (χ1n) is 8.32. The van der Waals surface area contributed by atoms with Crippen molar-refractivity contribution >= 4 is 0 Å². The molecule has 0 aliphatic carbocycles. The van der Waals surface area contributed by atoms with E-state index in [2.05, 4.69) is 18.8 Å². The average Bonchev–Trinajstić information content (AvgIpc) is 2.94. The van der Waals surface area contributed by atoms with Gasteiger partial charge in [0.1, 0.15) is 0 Å². The van der Waals surface area contributed by atoms with E-state index in [0.29, 0.717) is 12.1 Å². The normalized spacial score (nSPS) is 20.6. The molecule has 0 spiro atoms. The van der Waals surface area contributed by atoms with Crippen LogP contribution in [0.4, 0.5) is 0 Å². The van der Waals surface area contributed by atoms with Crippen molar-refractivity contribution in [1.29, 1.82) is 0 Å². The summed E-state index contributed by atoms with van der Waals surface area (Å²) in [7, 11) is 0. The summed E-state index contributed by atoms with van der Waals surface area (Å²) in [6.45, 7) is 8.17. The molecule has 0 bridgehead atoms. The van der Waals surface area contributed by atoms with Crippen LogP contribution in [0.5, 0.6) is 0 Å². The zero-order valence-corrected chi connectivity index (χ0v) is 12.8. The van der Waals surface area contributed by atoms with Gasteiger partial charge in [-0.2, -0.15) is 0 Å². The van der Waals surface area contributed by atoms with Gasteiger partial charge in [-0.05, 0) is 57.9 Å². The van der Waals surface area contributed by atoms with Crippen LogP contribution in [0.25, 0.3) is 0 Å². The summed E-state index contributed by atoms with van der Waals surface area (Å²) in [5.41, 5.74) is 0. The van der Waals surface area contributed by atoms with Crippen molar-refractivity contribution in [2.24, 2.45) is 0 Å². The summed E-state index contributed by atoms with van der Waals surface area (Å²) in [6, 6.07) is 0.702. The molecule has 0 radical (unpaired) electrons. The van der Waals surface area contributed by atoms with Crippen molar-refractivity contribution in [2.45, 2.75) is 83.3 Å². The SMILES string of the molecule is C=CCCCCCC(CCC1CCCO1)NCCC. The molecule has 1 heterocycles. The molecule has 0 amide bonds. The van der Waals surface area contributed by atoms with Gasteiger partial charge in [-0.3, -0.25) is 0 Å². The third-order valence-corrected chi connectivity index (χ3v) is 4.00. The van der Waals surface area contributed by atoms with Gasteiger partial charge in [-0.25, -0.2) is 0 Å². The van der Waals surface area contributed by atoms with Crippen molar-refractivity contribution in [3.05, 3.63) is 12.7 Å². The van der Waals surface area contributed by atoms with E-state index in [1.807, 2.05) is 6.08 Å². The molecule has 1 fully saturated rings. The Hall–Kier alpha value is -0.340. The molecule has 1 aliphatic heterocycles. The Bertz CT molecular complexity index is 211. The Kier molecular flexibility index (Phi) is 10.1. The van der Waals surface area contributed by atoms with Crippen LogP contribution in [0.1, 0.15) is 71.1 Å². The molecular weight excluding hydrogens is 234 g/mol. The maximum Gasteiger partial charge on any atom is 0.0576 e. The maximum atomic E-state index is 5.73. The standard InChI is InChI=1S/C17H33NO/c1-3-5-6-7-8-10-16(18-14-4-2)12-13-17-11-9-15-19-17/h3,16-18H,1,4-15H2,2H3. The van der Waals surface area contributed by atoms with Crippen LogP contribution in [0, 0.1) is 0 Å². The number of allylic oxidation sites excluding steroid dienone is 1. The molecule has 112 valence electrons. The van der Waals surface area contributed by atoms with Crippen molar-refractivity contribution in [3.63, 3.8) is 0 Å². The zero-order chi connectivity index (χ0) is 13.8. The van der Waals surface area contributed by atoms with Gasteiger partial charge in [0.05, 0.1) is 6.10 Å². The summed E-state index contributed by atoms with van der Waals surface area (Å²) in [5, 5.41) is 3.71. The molecule has 0 saturated carbocycles. The summed E-state index contributed by atoms with van der Waals surface area (Å²) in [6.07, 6.45) is 15.4. The number of rotatable bonds is 12. The Morgan fingerprint density at radius 3 is 2.89 bits per heavy atom. The Morgan fingerprint density at radius 2 is 2.21 bits per heavy atom. The van der Waals surface area contributed by atoms with Crippen LogP contribution in [0.2, 0.25) is 0 Å². The fraction of sp³-hybridized carbons (Fsp3) is 0.882. The summed E-state index contributed by atoms with van der Waals surface area (Å²) < 4.78 is 5.73. The topological polar surface area (TPSA) is 21.3 Å². The molecule has 2 heteroatoms. The summed E-state index contributed by atoms with van der Waals surface area (Å²) in [4.78, 5) is 0. The van der Waals surface area contributed by atoms with E-state index in [9.17, 15) is 0 Å². The molecule has 2 atom stereocenters. The average molecular weight is 267 g/mol. The van der Waals surface area contributed by atoms with E-state index in [1.54, 1.807) is 0 Å². The lowest BCUT2D eigenvalue weighted by molar-refractivity contribution is 0.0991. The minimum atomic E-state index is 0.548. The van der Waals surface area contributed by atoms with Crippen LogP contribution in [0.3, 0.4) is 0 Å². The van der Waals surface area contributed by atoms with Crippen LogP contribution >= 0.6 is 0 Å². The molecule has 1 N–H and O–H groups in total. The second-order valence-electron chi connectivity index (χ2n) is 5.79. The first kappa shape index (κ1) is 16.7. The van der Waals surface area contributed by atoms with Gasteiger partial charge >= 0.3 is 0 Å². The number of unbranched alkanes of at least 4 members (excludes halogenated alkanes) is 3. The second-order valence-corrected chi connectivity index (χ2v) is 5.79. The zero-order valence-electron chi connectivity index (χ0n) is 12.8. The van der Waals surface area contributed by atoms with E-state index < -0.39 is 0 Å². The minimum Gasteiger partial charge on any atom is -0.378 e. The van der Waals surface area contributed by atoms with Gasteiger partial charge in [0, 0.05) is 12.6 Å². The smallest absolute Gasteiger partial charge is 0.0576 e. The van der Waals surface area contributed by atoms with Gasteiger partial charge in [0.2, 0.25) is 0 Å². The summed E-state index contributed by atoms with van der Waals surface area (Å²) in [5.74, 6) is 0. The monoisotopic (exact) mass is 267 g/mol. The Morgan fingerprint density at radius 1 is 1.32 bits per heavy atom. The third kappa shape index (κ3) is 8.43. The van der Waals surface area contributed by atoms with Crippen molar-refractivity contribution in [3.8, 4) is 0 Å². The van der Waals surface area contributed by atoms with Crippen molar-refractivity contribution < 1.29 is 4.74 Å². The van der Waals surface area contributed by atoms with Gasteiger partial charge < -0.3 is 10.1 Å². The lowest BCUT2D eigenvalue weighted by Crippen LogP contribution is -2.30. The third-order valence-electron chi connectivity index (χ3n) is 4.00.